The van der Waals surface area contributed by atoms with Gasteiger partial charge in [0.2, 0.25) is 5.91 Å². The number of hydrogen-bond donors (Lipinski definition) is 2. The van der Waals surface area contributed by atoms with Crippen molar-refractivity contribution in [3.05, 3.63) is 28.2 Å². The predicted octanol–water partition coefficient (Wildman–Crippen LogP) is 3.47. The van der Waals surface area contributed by atoms with E-state index in [0.29, 0.717) is 15.3 Å². The molecule has 0 spiro atoms. The van der Waals surface area contributed by atoms with E-state index in [2.05, 4.69) is 5.32 Å². The van der Waals surface area contributed by atoms with Crippen molar-refractivity contribution in [2.24, 2.45) is 5.73 Å². The number of thioether (sulfide) groups is 1. The standard InChI is InChI=1S/C14H18Cl2N2OS/c1-18-14(13(17)19)6-2-3-10(8-14)20-9-4-5-11(15)12(16)7-9/h4-5,7,10,18H,2-3,6,8H2,1H3,(H2,17,19). The van der Waals surface area contributed by atoms with Crippen molar-refractivity contribution in [3.63, 3.8) is 0 Å². The Morgan fingerprint density at radius 1 is 1.45 bits per heavy atom. The lowest BCUT2D eigenvalue weighted by atomic mass is 9.81. The van der Waals surface area contributed by atoms with E-state index in [4.69, 9.17) is 28.9 Å². The molecule has 0 heterocycles. The van der Waals surface area contributed by atoms with Gasteiger partial charge in [-0.2, -0.15) is 0 Å². The summed E-state index contributed by atoms with van der Waals surface area (Å²) in [5.41, 5.74) is 4.99. The van der Waals surface area contributed by atoms with E-state index in [0.717, 1.165) is 30.6 Å². The average molecular weight is 333 g/mol. The van der Waals surface area contributed by atoms with Gasteiger partial charge < -0.3 is 11.1 Å². The van der Waals surface area contributed by atoms with E-state index in [1.807, 2.05) is 12.1 Å². The maximum Gasteiger partial charge on any atom is 0.237 e. The lowest BCUT2D eigenvalue weighted by Crippen LogP contribution is -2.57. The van der Waals surface area contributed by atoms with Gasteiger partial charge in [0.1, 0.15) is 0 Å². The van der Waals surface area contributed by atoms with Crippen LogP contribution in [0.1, 0.15) is 25.7 Å². The number of nitrogens with one attached hydrogen (secondary N) is 1. The van der Waals surface area contributed by atoms with E-state index < -0.39 is 5.54 Å². The molecule has 1 amide bonds. The third-order valence-corrected chi connectivity index (χ3v) is 5.85. The van der Waals surface area contributed by atoms with Crippen LogP contribution in [0.4, 0.5) is 0 Å². The van der Waals surface area contributed by atoms with Gasteiger partial charge in [0.25, 0.3) is 0 Å². The fraction of sp³-hybridized carbons (Fsp3) is 0.500. The topological polar surface area (TPSA) is 55.1 Å². The molecule has 1 aromatic rings. The number of carbonyl (C=O) groups is 1. The molecule has 1 aliphatic rings. The second-order valence-electron chi connectivity index (χ2n) is 5.11. The van der Waals surface area contributed by atoms with Crippen LogP contribution in [0.3, 0.4) is 0 Å². The van der Waals surface area contributed by atoms with Gasteiger partial charge in [-0.1, -0.05) is 23.2 Å². The number of likely N-dealkylation sites (N-methyl/N-ethyl adjacent to an activating group) is 1. The van der Waals surface area contributed by atoms with Gasteiger partial charge in [-0.3, -0.25) is 4.79 Å². The number of rotatable bonds is 4. The van der Waals surface area contributed by atoms with Crippen molar-refractivity contribution in [2.45, 2.75) is 41.4 Å². The Morgan fingerprint density at radius 3 is 2.80 bits per heavy atom. The highest BCUT2D eigenvalue weighted by atomic mass is 35.5. The van der Waals surface area contributed by atoms with E-state index in [1.54, 1.807) is 24.9 Å². The Labute approximate surface area is 133 Å². The van der Waals surface area contributed by atoms with Gasteiger partial charge in [-0.05, 0) is 50.9 Å². The Balaban J connectivity index is 2.09. The van der Waals surface area contributed by atoms with E-state index in [9.17, 15) is 4.79 Å². The molecule has 3 nitrogen and oxygen atoms in total. The van der Waals surface area contributed by atoms with Crippen LogP contribution in [-0.4, -0.2) is 23.7 Å². The first-order valence-electron chi connectivity index (χ1n) is 6.57. The van der Waals surface area contributed by atoms with Gasteiger partial charge in [0.15, 0.2) is 0 Å². The van der Waals surface area contributed by atoms with Gasteiger partial charge in [0.05, 0.1) is 15.6 Å². The van der Waals surface area contributed by atoms with E-state index >= 15 is 0 Å². The maximum absolute atomic E-state index is 11.7. The minimum Gasteiger partial charge on any atom is -0.368 e. The molecular weight excluding hydrogens is 315 g/mol. The molecule has 2 rings (SSSR count). The Morgan fingerprint density at radius 2 is 2.20 bits per heavy atom. The minimum atomic E-state index is -0.577. The summed E-state index contributed by atoms with van der Waals surface area (Å²) < 4.78 is 0. The lowest BCUT2D eigenvalue weighted by molar-refractivity contribution is -0.125. The molecule has 0 aromatic heterocycles. The van der Waals surface area contributed by atoms with Gasteiger partial charge >= 0.3 is 0 Å². The van der Waals surface area contributed by atoms with Crippen LogP contribution >= 0.6 is 35.0 Å². The number of nitrogens with two attached hydrogens (primary N) is 1. The summed E-state index contributed by atoms with van der Waals surface area (Å²) in [5, 5.41) is 4.58. The lowest BCUT2D eigenvalue weighted by Gasteiger charge is -2.38. The monoisotopic (exact) mass is 332 g/mol. The smallest absolute Gasteiger partial charge is 0.237 e. The molecule has 0 saturated heterocycles. The van der Waals surface area contributed by atoms with Crippen LogP contribution in [0.25, 0.3) is 0 Å². The molecule has 20 heavy (non-hydrogen) atoms. The van der Waals surface area contributed by atoms with E-state index in [-0.39, 0.29) is 5.91 Å². The number of carbonyl (C=O) groups excluding carboxylic acids is 1. The van der Waals surface area contributed by atoms with Crippen molar-refractivity contribution in [1.29, 1.82) is 0 Å². The highest BCUT2D eigenvalue weighted by Crippen LogP contribution is 2.39. The molecule has 2 atom stereocenters. The van der Waals surface area contributed by atoms with Crippen LogP contribution in [-0.2, 0) is 4.79 Å². The fourth-order valence-electron chi connectivity index (χ4n) is 2.64. The molecule has 1 aromatic carbocycles. The van der Waals surface area contributed by atoms with E-state index in [1.165, 1.54) is 0 Å². The van der Waals surface area contributed by atoms with Crippen LogP contribution in [0, 0.1) is 0 Å². The highest BCUT2D eigenvalue weighted by Gasteiger charge is 2.40. The van der Waals surface area contributed by atoms with Gasteiger partial charge in [-0.15, -0.1) is 11.8 Å². The molecule has 0 aliphatic heterocycles. The number of halogens is 2. The van der Waals surface area contributed by atoms with Crippen LogP contribution in [0.5, 0.6) is 0 Å². The quantitative estimate of drug-likeness (QED) is 0.887. The molecule has 3 N–H and O–H groups in total. The number of amides is 1. The SMILES string of the molecule is CNC1(C(N)=O)CCCC(Sc2ccc(Cl)c(Cl)c2)C1. The molecule has 0 bridgehead atoms. The third kappa shape index (κ3) is 3.42. The van der Waals surface area contributed by atoms with Crippen molar-refractivity contribution in [1.82, 2.24) is 5.32 Å². The highest BCUT2D eigenvalue weighted by molar-refractivity contribution is 8.00. The zero-order valence-electron chi connectivity index (χ0n) is 11.3. The van der Waals surface area contributed by atoms with Gasteiger partial charge in [-0.25, -0.2) is 0 Å². The summed E-state index contributed by atoms with van der Waals surface area (Å²) in [6, 6.07) is 5.63. The fourth-order valence-corrected chi connectivity index (χ4v) is 4.37. The van der Waals surface area contributed by atoms with Crippen molar-refractivity contribution < 1.29 is 4.79 Å². The summed E-state index contributed by atoms with van der Waals surface area (Å²) in [7, 11) is 1.80. The summed E-state index contributed by atoms with van der Waals surface area (Å²) in [6.45, 7) is 0. The zero-order chi connectivity index (χ0) is 14.8. The van der Waals surface area contributed by atoms with Crippen LogP contribution in [0.15, 0.2) is 23.1 Å². The Bertz CT molecular complexity index is 512. The summed E-state index contributed by atoms with van der Waals surface area (Å²) in [4.78, 5) is 12.8. The third-order valence-electron chi connectivity index (χ3n) is 3.85. The largest absolute Gasteiger partial charge is 0.368 e. The zero-order valence-corrected chi connectivity index (χ0v) is 13.6. The Kier molecular flexibility index (Phi) is 5.24. The second-order valence-corrected chi connectivity index (χ2v) is 7.30. The average Bonchev–Trinajstić information content (AvgIpc) is 2.43. The normalized spacial score (nSPS) is 26.4. The molecule has 2 unspecified atom stereocenters. The molecular formula is C14H18Cl2N2OS. The molecule has 1 fully saturated rings. The minimum absolute atomic E-state index is 0.264. The number of benzene rings is 1. The molecule has 6 heteroatoms. The van der Waals surface area contributed by atoms with Gasteiger partial charge in [0, 0.05) is 10.1 Å². The molecule has 110 valence electrons. The maximum atomic E-state index is 11.7. The summed E-state index contributed by atoms with van der Waals surface area (Å²) in [6.07, 6.45) is 3.60. The molecule has 1 aliphatic carbocycles. The first-order valence-corrected chi connectivity index (χ1v) is 8.21. The van der Waals surface area contributed by atoms with Crippen molar-refractivity contribution in [3.8, 4) is 0 Å². The molecule has 1 saturated carbocycles. The van der Waals surface area contributed by atoms with Crippen molar-refractivity contribution >= 4 is 40.9 Å². The number of primary amides is 1. The summed E-state index contributed by atoms with van der Waals surface area (Å²) in [5.74, 6) is -0.264. The predicted molar refractivity (Wildman–Crippen MR) is 85.6 cm³/mol. The van der Waals surface area contributed by atoms with Crippen LogP contribution in [0.2, 0.25) is 10.0 Å². The van der Waals surface area contributed by atoms with Crippen molar-refractivity contribution in [2.75, 3.05) is 7.05 Å². The molecule has 0 radical (unpaired) electrons. The first kappa shape index (κ1) is 16.0. The second kappa shape index (κ2) is 6.56. The Hall–Kier alpha value is -0.420. The first-order chi connectivity index (χ1) is 9.47. The summed E-state index contributed by atoms with van der Waals surface area (Å²) >= 11 is 13.7. The number of hydrogen-bond acceptors (Lipinski definition) is 3. The van der Waals surface area contributed by atoms with Crippen LogP contribution < -0.4 is 11.1 Å².